The van der Waals surface area contributed by atoms with Crippen molar-refractivity contribution in [3.8, 4) is 5.69 Å². The smallest absolute Gasteiger partial charge is 0.206 e. The summed E-state index contributed by atoms with van der Waals surface area (Å²) in [7, 11) is 0. The maximum absolute atomic E-state index is 14.0. The third-order valence-electron chi connectivity index (χ3n) is 2.87. The number of aromatic nitrogens is 2. The summed E-state index contributed by atoms with van der Waals surface area (Å²) in [4.78, 5) is 4.12. The summed E-state index contributed by atoms with van der Waals surface area (Å²) >= 11 is 7.59. The molecule has 102 valence electrons. The van der Waals surface area contributed by atoms with Crippen molar-refractivity contribution in [1.29, 1.82) is 0 Å². The Balaban J connectivity index is 2.35. The van der Waals surface area contributed by atoms with Crippen LogP contribution in [-0.2, 0) is 0 Å². The minimum absolute atomic E-state index is 0.0858. The van der Waals surface area contributed by atoms with Crippen molar-refractivity contribution in [2.24, 2.45) is 0 Å². The van der Waals surface area contributed by atoms with E-state index in [2.05, 4.69) is 4.98 Å². The van der Waals surface area contributed by atoms with Gasteiger partial charge in [-0.3, -0.25) is 4.57 Å². The minimum atomic E-state index is -0.553. The summed E-state index contributed by atoms with van der Waals surface area (Å²) in [5.74, 6) is -0.876. The van der Waals surface area contributed by atoms with Crippen LogP contribution in [0, 0.1) is 15.2 Å². The van der Waals surface area contributed by atoms with E-state index in [0.717, 1.165) is 0 Å². The maximum Gasteiger partial charge on any atom is 0.206 e. The van der Waals surface area contributed by atoms with E-state index < -0.39 is 11.6 Å². The van der Waals surface area contributed by atoms with Crippen LogP contribution in [0.2, 0.25) is 5.02 Å². The maximum atomic E-state index is 14.0. The first-order chi connectivity index (χ1) is 9.47. The Morgan fingerprint density at radius 2 is 1.90 bits per heavy atom. The minimum Gasteiger partial charge on any atom is -0.369 e. The predicted molar refractivity (Wildman–Crippen MR) is 83.1 cm³/mol. The lowest BCUT2D eigenvalue weighted by Gasteiger charge is -2.08. The fourth-order valence-electron chi connectivity index (χ4n) is 2.01. The van der Waals surface area contributed by atoms with Gasteiger partial charge in [0.05, 0.1) is 20.3 Å². The van der Waals surface area contributed by atoms with Gasteiger partial charge in [0.15, 0.2) is 0 Å². The van der Waals surface area contributed by atoms with Gasteiger partial charge < -0.3 is 5.73 Å². The van der Waals surface area contributed by atoms with Crippen molar-refractivity contribution >= 4 is 51.2 Å². The number of benzene rings is 2. The molecule has 1 aromatic heterocycles. The van der Waals surface area contributed by atoms with Crippen LogP contribution in [0.15, 0.2) is 30.3 Å². The molecule has 0 aliphatic heterocycles. The fraction of sp³-hybridized carbons (Fsp3) is 0. The SMILES string of the molecule is Nc1nc2cc(I)c(F)cc2n1-c1ccc(Cl)cc1F. The molecule has 2 aromatic carbocycles. The van der Waals surface area contributed by atoms with E-state index in [1.54, 1.807) is 6.07 Å². The highest BCUT2D eigenvalue weighted by atomic mass is 127. The fourth-order valence-corrected chi connectivity index (χ4v) is 2.62. The van der Waals surface area contributed by atoms with E-state index in [4.69, 9.17) is 17.3 Å². The zero-order valence-electron chi connectivity index (χ0n) is 9.87. The van der Waals surface area contributed by atoms with Gasteiger partial charge in [-0.2, -0.15) is 0 Å². The molecule has 0 aliphatic carbocycles. The number of fused-ring (bicyclic) bond motifs is 1. The molecule has 0 spiro atoms. The summed E-state index contributed by atoms with van der Waals surface area (Å²) < 4.78 is 29.5. The Labute approximate surface area is 131 Å². The van der Waals surface area contributed by atoms with E-state index in [9.17, 15) is 8.78 Å². The van der Waals surface area contributed by atoms with Gasteiger partial charge in [0.25, 0.3) is 0 Å². The second-order valence-electron chi connectivity index (χ2n) is 4.16. The number of rotatable bonds is 1. The van der Waals surface area contributed by atoms with Gasteiger partial charge in [0, 0.05) is 11.1 Å². The van der Waals surface area contributed by atoms with Crippen LogP contribution in [-0.4, -0.2) is 9.55 Å². The van der Waals surface area contributed by atoms with Crippen molar-refractivity contribution < 1.29 is 8.78 Å². The highest BCUT2D eigenvalue weighted by Gasteiger charge is 2.15. The Bertz CT molecular complexity index is 832. The highest BCUT2D eigenvalue weighted by Crippen LogP contribution is 2.28. The molecule has 3 aromatic rings. The van der Waals surface area contributed by atoms with Crippen LogP contribution in [0.3, 0.4) is 0 Å². The zero-order chi connectivity index (χ0) is 14.4. The molecular formula is C13H7ClF2IN3. The topological polar surface area (TPSA) is 43.8 Å². The van der Waals surface area contributed by atoms with Gasteiger partial charge in [0.1, 0.15) is 11.6 Å². The molecule has 0 radical (unpaired) electrons. The van der Waals surface area contributed by atoms with E-state index >= 15 is 0 Å². The second-order valence-corrected chi connectivity index (χ2v) is 5.75. The number of nitrogens with two attached hydrogens (primary N) is 1. The average molecular weight is 406 g/mol. The molecule has 1 heterocycles. The summed E-state index contributed by atoms with van der Waals surface area (Å²) in [6, 6.07) is 7.03. The number of halogens is 4. The third-order valence-corrected chi connectivity index (χ3v) is 3.93. The summed E-state index contributed by atoms with van der Waals surface area (Å²) in [6.07, 6.45) is 0. The molecular weight excluding hydrogens is 399 g/mol. The molecule has 0 unspecified atom stereocenters. The monoisotopic (exact) mass is 405 g/mol. The number of nitrogen functional groups attached to an aromatic ring is 1. The van der Waals surface area contributed by atoms with Gasteiger partial charge in [-0.25, -0.2) is 13.8 Å². The number of nitrogens with zero attached hydrogens (tertiary/aromatic N) is 2. The molecule has 7 heteroatoms. The van der Waals surface area contributed by atoms with Crippen LogP contribution >= 0.6 is 34.2 Å². The third kappa shape index (κ3) is 2.12. The molecule has 2 N–H and O–H groups in total. The van der Waals surface area contributed by atoms with Gasteiger partial charge in [-0.15, -0.1) is 0 Å². The molecule has 0 saturated carbocycles. The van der Waals surface area contributed by atoms with E-state index in [-0.39, 0.29) is 16.7 Å². The molecule has 3 rings (SSSR count). The predicted octanol–water partition coefficient (Wildman–Crippen LogP) is 4.14. The second kappa shape index (κ2) is 4.85. The van der Waals surface area contributed by atoms with Crippen molar-refractivity contribution in [2.45, 2.75) is 0 Å². The normalized spacial score (nSPS) is 11.2. The number of anilines is 1. The van der Waals surface area contributed by atoms with Crippen molar-refractivity contribution in [3.05, 3.63) is 50.6 Å². The largest absolute Gasteiger partial charge is 0.369 e. The lowest BCUT2D eigenvalue weighted by atomic mass is 10.2. The van der Waals surface area contributed by atoms with Crippen molar-refractivity contribution in [2.75, 3.05) is 5.73 Å². The number of hydrogen-bond acceptors (Lipinski definition) is 2. The molecule has 20 heavy (non-hydrogen) atoms. The summed E-state index contributed by atoms with van der Waals surface area (Å²) in [5.41, 5.74) is 6.90. The lowest BCUT2D eigenvalue weighted by molar-refractivity contribution is 0.617. The number of hydrogen-bond donors (Lipinski definition) is 1. The lowest BCUT2D eigenvalue weighted by Crippen LogP contribution is -2.03. The van der Waals surface area contributed by atoms with Crippen LogP contribution in [0.1, 0.15) is 0 Å². The first kappa shape index (κ1) is 13.6. The Morgan fingerprint density at radius 1 is 1.15 bits per heavy atom. The molecule has 0 fully saturated rings. The molecule has 3 nitrogen and oxygen atoms in total. The van der Waals surface area contributed by atoms with Gasteiger partial charge in [-0.05, 0) is 46.9 Å². The van der Waals surface area contributed by atoms with Gasteiger partial charge >= 0.3 is 0 Å². The molecule has 0 saturated heterocycles. The van der Waals surface area contributed by atoms with Crippen molar-refractivity contribution in [1.82, 2.24) is 9.55 Å². The van der Waals surface area contributed by atoms with Gasteiger partial charge in [0.2, 0.25) is 5.95 Å². The Morgan fingerprint density at radius 3 is 2.60 bits per heavy atom. The molecule has 0 amide bonds. The van der Waals surface area contributed by atoms with Crippen LogP contribution in [0.25, 0.3) is 16.7 Å². The average Bonchev–Trinajstić information content (AvgIpc) is 2.66. The van der Waals surface area contributed by atoms with Crippen molar-refractivity contribution in [3.63, 3.8) is 0 Å². The molecule has 0 bridgehead atoms. The standard InChI is InChI=1S/C13H7ClF2IN3/c14-6-1-2-11(8(16)3-6)20-12-4-7(15)9(17)5-10(12)19-13(20)18/h1-5H,(H2,18,19). The molecule has 0 atom stereocenters. The first-order valence-electron chi connectivity index (χ1n) is 5.56. The van der Waals surface area contributed by atoms with Crippen LogP contribution in [0.4, 0.5) is 14.7 Å². The first-order valence-corrected chi connectivity index (χ1v) is 7.01. The summed E-state index contributed by atoms with van der Waals surface area (Å²) in [5, 5.41) is 0.273. The Kier molecular flexibility index (Phi) is 3.29. The van der Waals surface area contributed by atoms with Crippen LogP contribution < -0.4 is 5.73 Å². The van der Waals surface area contributed by atoms with Crippen LogP contribution in [0.5, 0.6) is 0 Å². The van der Waals surface area contributed by atoms with E-state index in [0.29, 0.717) is 14.6 Å². The quantitative estimate of drug-likeness (QED) is 0.618. The Hall–Kier alpha value is -1.41. The summed E-state index contributed by atoms with van der Waals surface area (Å²) in [6.45, 7) is 0. The van der Waals surface area contributed by atoms with E-state index in [1.807, 2.05) is 22.6 Å². The highest BCUT2D eigenvalue weighted by molar-refractivity contribution is 14.1. The zero-order valence-corrected chi connectivity index (χ0v) is 12.8. The molecule has 0 aliphatic rings. The van der Waals surface area contributed by atoms with E-state index in [1.165, 1.54) is 28.8 Å². The van der Waals surface area contributed by atoms with Gasteiger partial charge in [-0.1, -0.05) is 11.6 Å². The number of imidazole rings is 1.